The number of aromatic nitrogens is 3. The third kappa shape index (κ3) is 5.43. The summed E-state index contributed by atoms with van der Waals surface area (Å²) in [7, 11) is 4.04. The van der Waals surface area contributed by atoms with Crippen LogP contribution in [0.4, 0.5) is 26.2 Å². The first-order valence-corrected chi connectivity index (χ1v) is 8.91. The van der Waals surface area contributed by atoms with Crippen LogP contribution in [0, 0.1) is 11.6 Å². The van der Waals surface area contributed by atoms with Crippen LogP contribution in [0.15, 0.2) is 48.8 Å². The topological polar surface area (TPSA) is 66.0 Å². The maximum absolute atomic E-state index is 13.5. The fraction of sp³-hybridized carbons (Fsp3) is 0.250. The molecule has 3 aromatic rings. The van der Waals surface area contributed by atoms with Crippen molar-refractivity contribution in [3.05, 3.63) is 60.4 Å². The molecule has 2 aromatic heterocycles. The highest BCUT2D eigenvalue weighted by atomic mass is 19.2. The molecule has 3 rings (SSSR count). The molecule has 0 saturated carbocycles. The van der Waals surface area contributed by atoms with Gasteiger partial charge >= 0.3 is 0 Å². The zero-order chi connectivity index (χ0) is 19.9. The van der Waals surface area contributed by atoms with Crippen LogP contribution >= 0.6 is 0 Å². The van der Waals surface area contributed by atoms with Crippen molar-refractivity contribution in [2.24, 2.45) is 0 Å². The molecule has 0 spiro atoms. The van der Waals surface area contributed by atoms with Crippen molar-refractivity contribution >= 4 is 17.5 Å². The largest absolute Gasteiger partial charge is 0.354 e. The number of nitrogens with zero attached hydrogens (tertiary/aromatic N) is 4. The summed E-state index contributed by atoms with van der Waals surface area (Å²) in [6, 6.07) is 9.06. The molecule has 0 atom stereocenters. The number of hydrogen-bond donors (Lipinski definition) is 2. The first-order valence-electron chi connectivity index (χ1n) is 8.91. The highest BCUT2D eigenvalue weighted by Gasteiger charge is 2.09. The predicted molar refractivity (Wildman–Crippen MR) is 107 cm³/mol. The molecule has 0 radical (unpaired) electrons. The Labute approximate surface area is 162 Å². The fourth-order valence-electron chi connectivity index (χ4n) is 2.58. The second kappa shape index (κ2) is 9.18. The third-order valence-corrected chi connectivity index (χ3v) is 3.96. The van der Waals surface area contributed by atoms with Gasteiger partial charge in [0.2, 0.25) is 5.95 Å². The Bertz CT molecular complexity index is 918. The summed E-state index contributed by atoms with van der Waals surface area (Å²) in [5.41, 5.74) is 1.97. The lowest BCUT2D eigenvalue weighted by Crippen LogP contribution is -2.17. The zero-order valence-corrected chi connectivity index (χ0v) is 15.8. The molecule has 2 N–H and O–H groups in total. The average molecular weight is 384 g/mol. The van der Waals surface area contributed by atoms with Crippen LogP contribution in [-0.2, 0) is 0 Å². The van der Waals surface area contributed by atoms with Crippen LogP contribution in [-0.4, -0.2) is 47.0 Å². The Balaban J connectivity index is 1.85. The summed E-state index contributed by atoms with van der Waals surface area (Å²) >= 11 is 0. The number of halogens is 2. The van der Waals surface area contributed by atoms with E-state index < -0.39 is 11.6 Å². The van der Waals surface area contributed by atoms with E-state index in [9.17, 15) is 8.78 Å². The molecule has 0 bridgehead atoms. The molecule has 28 heavy (non-hydrogen) atoms. The molecule has 0 aliphatic rings. The predicted octanol–water partition coefficient (Wildman–Crippen LogP) is 3.92. The summed E-state index contributed by atoms with van der Waals surface area (Å²) < 4.78 is 26.7. The van der Waals surface area contributed by atoms with Gasteiger partial charge in [-0.3, -0.25) is 4.98 Å². The third-order valence-electron chi connectivity index (χ3n) is 3.96. The van der Waals surface area contributed by atoms with Crippen molar-refractivity contribution in [3.63, 3.8) is 0 Å². The molecule has 0 aliphatic heterocycles. The van der Waals surface area contributed by atoms with E-state index in [-0.39, 0.29) is 0 Å². The van der Waals surface area contributed by atoms with Gasteiger partial charge in [-0.2, -0.15) is 4.98 Å². The molecule has 0 unspecified atom stereocenters. The summed E-state index contributed by atoms with van der Waals surface area (Å²) in [6.45, 7) is 1.65. The normalized spacial score (nSPS) is 10.9. The van der Waals surface area contributed by atoms with E-state index in [1.54, 1.807) is 18.5 Å². The molecule has 6 nitrogen and oxygen atoms in total. The van der Waals surface area contributed by atoms with E-state index in [4.69, 9.17) is 0 Å². The molecule has 1 aromatic carbocycles. The Kier molecular flexibility index (Phi) is 6.44. The van der Waals surface area contributed by atoms with Gasteiger partial charge in [-0.05, 0) is 51.3 Å². The minimum absolute atomic E-state index is 0.400. The van der Waals surface area contributed by atoms with Gasteiger partial charge in [-0.15, -0.1) is 0 Å². The highest BCUT2D eigenvalue weighted by Crippen LogP contribution is 2.24. The van der Waals surface area contributed by atoms with E-state index in [1.165, 1.54) is 6.07 Å². The number of nitrogens with one attached hydrogen (secondary N) is 2. The summed E-state index contributed by atoms with van der Waals surface area (Å²) in [5, 5.41) is 6.23. The molecular formula is C20H22F2N6. The van der Waals surface area contributed by atoms with Crippen LogP contribution in [0.25, 0.3) is 11.3 Å². The van der Waals surface area contributed by atoms with E-state index >= 15 is 0 Å². The van der Waals surface area contributed by atoms with Gasteiger partial charge in [0.05, 0.1) is 5.69 Å². The van der Waals surface area contributed by atoms with Crippen molar-refractivity contribution in [1.82, 2.24) is 19.9 Å². The van der Waals surface area contributed by atoms with E-state index in [1.807, 2.05) is 26.2 Å². The van der Waals surface area contributed by atoms with Crippen molar-refractivity contribution in [3.8, 4) is 11.3 Å². The van der Waals surface area contributed by atoms with Gasteiger partial charge in [0.15, 0.2) is 11.6 Å². The summed E-state index contributed by atoms with van der Waals surface area (Å²) in [4.78, 5) is 15.1. The lowest BCUT2D eigenvalue weighted by atomic mass is 10.2. The first kappa shape index (κ1) is 19.6. The number of benzene rings is 1. The molecule has 8 heteroatoms. The minimum atomic E-state index is -0.921. The molecular weight excluding hydrogens is 362 g/mol. The minimum Gasteiger partial charge on any atom is -0.354 e. The van der Waals surface area contributed by atoms with Crippen molar-refractivity contribution in [2.45, 2.75) is 6.42 Å². The van der Waals surface area contributed by atoms with E-state index in [0.717, 1.165) is 30.7 Å². The molecule has 0 aliphatic carbocycles. The summed E-state index contributed by atoms with van der Waals surface area (Å²) in [5.74, 6) is -0.884. The standard InChI is InChI=1S/C20H22F2N6/c1-28(2)11-3-8-24-20-26-18(14-6-9-23-10-7-14)13-19(27-20)25-15-4-5-16(21)17(22)12-15/h4-7,9-10,12-13H,3,8,11H2,1-2H3,(H2,24,25,26,27). The van der Waals surface area contributed by atoms with E-state index in [2.05, 4.69) is 30.5 Å². The second-order valence-corrected chi connectivity index (χ2v) is 6.54. The Hall–Kier alpha value is -3.13. The van der Waals surface area contributed by atoms with Gasteiger partial charge in [0, 0.05) is 42.3 Å². The Morgan fingerprint density at radius 2 is 1.75 bits per heavy atom. The fourth-order valence-corrected chi connectivity index (χ4v) is 2.58. The highest BCUT2D eigenvalue weighted by molar-refractivity contribution is 5.67. The van der Waals surface area contributed by atoms with Gasteiger partial charge in [0.1, 0.15) is 5.82 Å². The maximum Gasteiger partial charge on any atom is 0.225 e. The van der Waals surface area contributed by atoms with Gasteiger partial charge in [0.25, 0.3) is 0 Å². The lowest BCUT2D eigenvalue weighted by molar-refractivity contribution is 0.405. The van der Waals surface area contributed by atoms with Crippen LogP contribution in [0.1, 0.15) is 6.42 Å². The smallest absolute Gasteiger partial charge is 0.225 e. The number of hydrogen-bond acceptors (Lipinski definition) is 6. The van der Waals surface area contributed by atoms with Gasteiger partial charge < -0.3 is 15.5 Å². The van der Waals surface area contributed by atoms with Crippen LogP contribution in [0.3, 0.4) is 0 Å². The van der Waals surface area contributed by atoms with Gasteiger partial charge in [-0.1, -0.05) is 0 Å². The zero-order valence-electron chi connectivity index (χ0n) is 15.8. The number of pyridine rings is 1. The molecule has 0 saturated heterocycles. The first-order chi connectivity index (χ1) is 13.5. The lowest BCUT2D eigenvalue weighted by Gasteiger charge is -2.13. The van der Waals surface area contributed by atoms with Crippen LogP contribution < -0.4 is 10.6 Å². The number of anilines is 3. The molecule has 146 valence electrons. The second-order valence-electron chi connectivity index (χ2n) is 6.54. The Morgan fingerprint density at radius 3 is 2.46 bits per heavy atom. The summed E-state index contributed by atoms with van der Waals surface area (Å²) in [6.07, 6.45) is 4.30. The van der Waals surface area contributed by atoms with Crippen molar-refractivity contribution < 1.29 is 8.78 Å². The maximum atomic E-state index is 13.5. The molecule has 0 amide bonds. The Morgan fingerprint density at radius 1 is 0.964 bits per heavy atom. The number of rotatable bonds is 8. The monoisotopic (exact) mass is 384 g/mol. The average Bonchev–Trinajstić information content (AvgIpc) is 2.68. The van der Waals surface area contributed by atoms with Crippen molar-refractivity contribution in [2.75, 3.05) is 37.8 Å². The van der Waals surface area contributed by atoms with Gasteiger partial charge in [-0.25, -0.2) is 13.8 Å². The van der Waals surface area contributed by atoms with Crippen molar-refractivity contribution in [1.29, 1.82) is 0 Å². The molecule has 2 heterocycles. The van der Waals surface area contributed by atoms with E-state index in [0.29, 0.717) is 29.7 Å². The van der Waals surface area contributed by atoms with Crippen LogP contribution in [0.5, 0.6) is 0 Å². The SMILES string of the molecule is CN(C)CCCNc1nc(Nc2ccc(F)c(F)c2)cc(-c2ccncc2)n1. The molecule has 0 fully saturated rings. The van der Waals surface area contributed by atoms with Crippen LogP contribution in [0.2, 0.25) is 0 Å². The quantitative estimate of drug-likeness (QED) is 0.574.